The standard InChI is InChI=1S/C18H28ClNO3S/c1-7-8-15(20-24(21)18(2,3)4)14-12-17(23-6)16(22-5)11-13(14)9-10-19/h7,11-12,15,20H,1,8-10H2,2-6H3/t15-,24?/m0/s1. The number of alkyl halides is 1. The van der Waals surface area contributed by atoms with Gasteiger partial charge in [-0.2, -0.15) is 0 Å². The average Bonchev–Trinajstić information content (AvgIpc) is 2.53. The van der Waals surface area contributed by atoms with Crippen molar-refractivity contribution in [2.24, 2.45) is 0 Å². The summed E-state index contributed by atoms with van der Waals surface area (Å²) in [5, 5.41) is 0. The van der Waals surface area contributed by atoms with Crippen LogP contribution in [0.15, 0.2) is 24.8 Å². The quantitative estimate of drug-likeness (QED) is 0.401. The van der Waals surface area contributed by atoms with Gasteiger partial charge in [-0.25, -0.2) is 0 Å². The number of ether oxygens (including phenoxy) is 2. The second kappa shape index (κ2) is 9.56. The molecule has 0 aliphatic carbocycles. The summed E-state index contributed by atoms with van der Waals surface area (Å²) in [6.45, 7) is 9.65. The SMILES string of the molecule is C=CC[C@H](N[S+]([O-])C(C)(C)C)c1cc(OC)c(OC)cc1CCCl. The van der Waals surface area contributed by atoms with E-state index in [1.54, 1.807) is 14.2 Å². The van der Waals surface area contributed by atoms with Gasteiger partial charge < -0.3 is 14.0 Å². The highest BCUT2D eigenvalue weighted by atomic mass is 35.5. The maximum atomic E-state index is 12.6. The second-order valence-electron chi connectivity index (χ2n) is 6.42. The molecule has 0 saturated carbocycles. The molecule has 0 saturated heterocycles. The summed E-state index contributed by atoms with van der Waals surface area (Å²) in [5.41, 5.74) is 2.05. The van der Waals surface area contributed by atoms with Gasteiger partial charge in [-0.3, -0.25) is 0 Å². The lowest BCUT2D eigenvalue weighted by Crippen LogP contribution is -2.41. The van der Waals surface area contributed by atoms with Crippen molar-refractivity contribution >= 4 is 23.0 Å². The summed E-state index contributed by atoms with van der Waals surface area (Å²) in [6.07, 6.45) is 3.15. The molecule has 1 N–H and O–H groups in total. The molecule has 24 heavy (non-hydrogen) atoms. The summed E-state index contributed by atoms with van der Waals surface area (Å²) < 4.78 is 26.2. The van der Waals surface area contributed by atoms with Crippen molar-refractivity contribution < 1.29 is 14.0 Å². The van der Waals surface area contributed by atoms with Crippen molar-refractivity contribution in [3.8, 4) is 11.5 Å². The van der Waals surface area contributed by atoms with E-state index in [-0.39, 0.29) is 10.8 Å². The molecule has 1 unspecified atom stereocenters. The molecule has 0 aliphatic heterocycles. The molecule has 1 aromatic rings. The summed E-state index contributed by atoms with van der Waals surface area (Å²) in [4.78, 5) is 0. The summed E-state index contributed by atoms with van der Waals surface area (Å²) in [5.74, 6) is 1.80. The first kappa shape index (κ1) is 21.2. The van der Waals surface area contributed by atoms with Gasteiger partial charge in [0, 0.05) is 17.2 Å². The maximum Gasteiger partial charge on any atom is 0.161 e. The van der Waals surface area contributed by atoms with Crippen molar-refractivity contribution in [3.63, 3.8) is 0 Å². The number of nitrogens with one attached hydrogen (secondary N) is 1. The maximum absolute atomic E-state index is 12.6. The zero-order chi connectivity index (χ0) is 18.3. The van der Waals surface area contributed by atoms with Crippen LogP contribution < -0.4 is 14.2 Å². The largest absolute Gasteiger partial charge is 0.598 e. The van der Waals surface area contributed by atoms with Crippen molar-refractivity contribution in [1.29, 1.82) is 0 Å². The molecule has 0 aliphatic rings. The van der Waals surface area contributed by atoms with Gasteiger partial charge in [-0.15, -0.1) is 22.9 Å². The lowest BCUT2D eigenvalue weighted by molar-refractivity contribution is 0.353. The van der Waals surface area contributed by atoms with E-state index in [1.807, 2.05) is 39.0 Å². The first-order valence-electron chi connectivity index (χ1n) is 7.88. The molecule has 1 rings (SSSR count). The zero-order valence-electron chi connectivity index (χ0n) is 15.1. The lowest BCUT2D eigenvalue weighted by Gasteiger charge is -2.29. The van der Waals surface area contributed by atoms with Crippen molar-refractivity contribution in [2.45, 2.75) is 44.4 Å². The Labute approximate surface area is 153 Å². The molecule has 2 atom stereocenters. The van der Waals surface area contributed by atoms with Crippen LogP contribution in [0.3, 0.4) is 0 Å². The van der Waals surface area contributed by atoms with Gasteiger partial charge in [0.15, 0.2) is 11.5 Å². The highest BCUT2D eigenvalue weighted by molar-refractivity contribution is 7.90. The first-order chi connectivity index (χ1) is 11.3. The molecular formula is C18H28ClNO3S. The van der Waals surface area contributed by atoms with E-state index in [4.69, 9.17) is 21.1 Å². The van der Waals surface area contributed by atoms with E-state index in [0.29, 0.717) is 30.2 Å². The van der Waals surface area contributed by atoms with E-state index in [9.17, 15) is 4.55 Å². The minimum absolute atomic E-state index is 0.138. The fourth-order valence-corrected chi connectivity index (χ4v) is 3.33. The lowest BCUT2D eigenvalue weighted by atomic mass is 9.96. The van der Waals surface area contributed by atoms with Gasteiger partial charge in [-0.05, 0) is 56.9 Å². The summed E-state index contributed by atoms with van der Waals surface area (Å²) >= 11 is 4.76. The molecule has 0 fully saturated rings. The Morgan fingerprint density at radius 3 is 2.33 bits per heavy atom. The number of rotatable bonds is 9. The molecule has 4 nitrogen and oxygen atoms in total. The van der Waals surface area contributed by atoms with Crippen LogP contribution in [0, 0.1) is 0 Å². The third-order valence-corrected chi connectivity index (χ3v) is 5.39. The Balaban J connectivity index is 3.31. The van der Waals surface area contributed by atoms with Gasteiger partial charge in [0.05, 0.1) is 20.3 Å². The number of aryl methyl sites for hydroxylation is 1. The van der Waals surface area contributed by atoms with E-state index >= 15 is 0 Å². The fraction of sp³-hybridized carbons (Fsp3) is 0.556. The molecule has 6 heteroatoms. The second-order valence-corrected chi connectivity index (χ2v) is 8.80. The van der Waals surface area contributed by atoms with E-state index in [2.05, 4.69) is 11.3 Å². The predicted octanol–water partition coefficient (Wildman–Crippen LogP) is 4.15. The predicted molar refractivity (Wildman–Crippen MR) is 103 cm³/mol. The van der Waals surface area contributed by atoms with Crippen LogP contribution in [-0.2, 0) is 17.8 Å². The number of hydrogen-bond acceptors (Lipinski definition) is 4. The third kappa shape index (κ3) is 5.59. The Hall–Kier alpha value is -0.880. The number of benzene rings is 1. The smallest absolute Gasteiger partial charge is 0.161 e. The number of halogens is 1. The Bertz CT molecular complexity index is 546. The van der Waals surface area contributed by atoms with Crippen molar-refractivity contribution in [3.05, 3.63) is 35.9 Å². The highest BCUT2D eigenvalue weighted by Gasteiger charge is 2.30. The third-order valence-electron chi connectivity index (χ3n) is 3.59. The minimum Gasteiger partial charge on any atom is -0.598 e. The van der Waals surface area contributed by atoms with Gasteiger partial charge in [0.1, 0.15) is 4.75 Å². The summed E-state index contributed by atoms with van der Waals surface area (Å²) in [7, 11) is 3.21. The topological polar surface area (TPSA) is 53.5 Å². The van der Waals surface area contributed by atoms with Gasteiger partial charge in [0.25, 0.3) is 0 Å². The van der Waals surface area contributed by atoms with E-state index < -0.39 is 11.4 Å². The summed E-state index contributed by atoms with van der Waals surface area (Å²) in [6, 6.07) is 3.73. The number of hydrogen-bond donors (Lipinski definition) is 1. The van der Waals surface area contributed by atoms with Crippen molar-refractivity contribution in [1.82, 2.24) is 4.72 Å². The van der Waals surface area contributed by atoms with Crippen LogP contribution in [0.1, 0.15) is 44.4 Å². The van der Waals surface area contributed by atoms with Gasteiger partial charge in [0.2, 0.25) is 0 Å². The van der Waals surface area contributed by atoms with Gasteiger partial charge in [-0.1, -0.05) is 6.08 Å². The molecule has 136 valence electrons. The Morgan fingerprint density at radius 2 is 1.88 bits per heavy atom. The fourth-order valence-electron chi connectivity index (χ4n) is 2.29. The molecule has 0 radical (unpaired) electrons. The van der Waals surface area contributed by atoms with Crippen LogP contribution in [-0.4, -0.2) is 29.4 Å². The molecule has 1 aromatic carbocycles. The zero-order valence-corrected chi connectivity index (χ0v) is 16.7. The van der Waals surface area contributed by atoms with E-state index in [0.717, 1.165) is 11.1 Å². The molecule has 0 bridgehead atoms. The molecule has 0 spiro atoms. The molecular weight excluding hydrogens is 346 g/mol. The van der Waals surface area contributed by atoms with E-state index in [1.165, 1.54) is 0 Å². The van der Waals surface area contributed by atoms with Crippen LogP contribution in [0.2, 0.25) is 0 Å². The monoisotopic (exact) mass is 373 g/mol. The highest BCUT2D eigenvalue weighted by Crippen LogP contribution is 2.35. The first-order valence-corrected chi connectivity index (χ1v) is 9.56. The molecule has 0 amide bonds. The normalized spacial score (nSPS) is 14.1. The average molecular weight is 374 g/mol. The van der Waals surface area contributed by atoms with Crippen LogP contribution in [0.25, 0.3) is 0 Å². The molecule has 0 heterocycles. The van der Waals surface area contributed by atoms with Crippen molar-refractivity contribution in [2.75, 3.05) is 20.1 Å². The van der Waals surface area contributed by atoms with Gasteiger partial charge >= 0.3 is 0 Å². The molecule has 0 aromatic heterocycles. The number of methoxy groups -OCH3 is 2. The Kier molecular flexibility index (Phi) is 8.43. The van der Waals surface area contributed by atoms with Crippen LogP contribution >= 0.6 is 11.6 Å². The Morgan fingerprint density at radius 1 is 1.29 bits per heavy atom. The van der Waals surface area contributed by atoms with Crippen LogP contribution in [0.5, 0.6) is 11.5 Å². The minimum atomic E-state index is -1.20. The van der Waals surface area contributed by atoms with Crippen LogP contribution in [0.4, 0.5) is 0 Å².